The van der Waals surface area contributed by atoms with Crippen LogP contribution in [-0.4, -0.2) is 75.7 Å². The van der Waals surface area contributed by atoms with Crippen LogP contribution < -0.4 is 41.9 Å². The maximum atomic E-state index is 14.2. The number of nitrogens with two attached hydrogens (primary N) is 2. The van der Waals surface area contributed by atoms with Gasteiger partial charge in [0.05, 0.1) is 27.9 Å². The predicted octanol–water partition coefficient (Wildman–Crippen LogP) is 2.31. The number of rotatable bonds is 19. The largest absolute Gasteiger partial charge is 0.496 e. The van der Waals surface area contributed by atoms with Gasteiger partial charge in [-0.15, -0.1) is 13.2 Å². The molecule has 3 amide bonds. The minimum absolute atomic E-state index is 0.00513. The highest BCUT2D eigenvalue weighted by molar-refractivity contribution is 6.11. The van der Waals surface area contributed by atoms with Crippen LogP contribution >= 0.6 is 0 Å². The predicted molar refractivity (Wildman–Crippen MR) is 214 cm³/mol. The molecule has 0 saturated carbocycles. The molecule has 13 nitrogen and oxygen atoms in total. The van der Waals surface area contributed by atoms with Crippen molar-refractivity contribution >= 4 is 51.2 Å². The highest BCUT2D eigenvalue weighted by atomic mass is 16.5. The van der Waals surface area contributed by atoms with Gasteiger partial charge in [0.2, 0.25) is 17.7 Å². The van der Waals surface area contributed by atoms with Crippen molar-refractivity contribution in [2.75, 3.05) is 27.9 Å². The Kier molecular flexibility index (Phi) is 14.8. The summed E-state index contributed by atoms with van der Waals surface area (Å²) in [7, 11) is 4.41. The topological polar surface area (TPSA) is 198 Å². The van der Waals surface area contributed by atoms with Crippen LogP contribution in [0.4, 0.5) is 0 Å². The number of amides is 3. The van der Waals surface area contributed by atoms with E-state index in [9.17, 15) is 19.2 Å². The molecule has 8 N–H and O–H groups in total. The van der Waals surface area contributed by atoms with Crippen molar-refractivity contribution in [2.24, 2.45) is 11.5 Å². The lowest BCUT2D eigenvalue weighted by atomic mass is 9.87. The molecular weight excluding hydrogens is 700 g/mol. The zero-order valence-corrected chi connectivity index (χ0v) is 31.8. The maximum Gasteiger partial charge on any atom is 0.338 e. The minimum atomic E-state index is -1.14. The van der Waals surface area contributed by atoms with Crippen LogP contribution in [-0.2, 0) is 36.8 Å². The van der Waals surface area contributed by atoms with Gasteiger partial charge in [0.25, 0.3) is 0 Å². The molecule has 0 spiro atoms. The number of methoxy groups -OCH3 is 3. The van der Waals surface area contributed by atoms with E-state index >= 15 is 0 Å². The van der Waals surface area contributed by atoms with Crippen LogP contribution in [0.5, 0.6) is 11.5 Å². The van der Waals surface area contributed by atoms with Crippen molar-refractivity contribution in [3.8, 4) is 22.6 Å². The van der Waals surface area contributed by atoms with E-state index in [0.717, 1.165) is 38.2 Å². The van der Waals surface area contributed by atoms with Crippen molar-refractivity contribution in [1.29, 1.82) is 0 Å². The number of fused-ring (bicyclic) bond motifs is 2. The van der Waals surface area contributed by atoms with Gasteiger partial charge in [-0.05, 0) is 70.5 Å². The second-order valence-electron chi connectivity index (χ2n) is 13.0. The number of carbonyl (C=O) groups excluding carboxylic acids is 4. The Hall–Kier alpha value is -6.37. The summed E-state index contributed by atoms with van der Waals surface area (Å²) in [5, 5.41) is 11.9. The van der Waals surface area contributed by atoms with Crippen LogP contribution in [0.1, 0.15) is 37.3 Å². The van der Waals surface area contributed by atoms with Gasteiger partial charge >= 0.3 is 11.9 Å². The van der Waals surface area contributed by atoms with E-state index in [1.807, 2.05) is 60.7 Å². The normalized spacial score (nSPS) is 12.4. The van der Waals surface area contributed by atoms with E-state index in [0.29, 0.717) is 36.4 Å². The van der Waals surface area contributed by atoms with E-state index in [-0.39, 0.29) is 25.2 Å². The molecule has 0 heterocycles. The van der Waals surface area contributed by atoms with Crippen molar-refractivity contribution in [1.82, 2.24) is 16.0 Å². The van der Waals surface area contributed by atoms with E-state index in [4.69, 9.17) is 25.7 Å². The molecule has 3 atom stereocenters. The van der Waals surface area contributed by atoms with Gasteiger partial charge in [-0.1, -0.05) is 60.7 Å². The maximum absolute atomic E-state index is 14.2. The summed E-state index contributed by atoms with van der Waals surface area (Å²) >= 11 is 0. The second-order valence-corrected chi connectivity index (χ2v) is 13.0. The zero-order chi connectivity index (χ0) is 40.1. The molecular formula is C42H51N6O7+. The van der Waals surface area contributed by atoms with Gasteiger partial charge in [-0.3, -0.25) is 30.8 Å². The number of hydrogen-bond acceptors (Lipinski definition) is 7. The molecule has 290 valence electrons. The van der Waals surface area contributed by atoms with Gasteiger partial charge in [0.1, 0.15) is 29.6 Å². The first kappa shape index (κ1) is 41.4. The fourth-order valence-electron chi connectivity index (χ4n) is 6.74. The Bertz CT molecular complexity index is 2090. The highest BCUT2D eigenvalue weighted by Crippen LogP contribution is 2.48. The van der Waals surface area contributed by atoms with E-state index in [2.05, 4.69) is 40.2 Å². The fourth-order valence-corrected chi connectivity index (χ4v) is 6.74. The van der Waals surface area contributed by atoms with Crippen LogP contribution in [0, 0.1) is 0 Å². The molecule has 4 aromatic carbocycles. The highest BCUT2D eigenvalue weighted by Gasteiger charge is 2.31. The van der Waals surface area contributed by atoms with Crippen LogP contribution in [0.3, 0.4) is 0 Å². The number of carbonyl (C=O) groups is 4. The molecule has 13 heteroatoms. The summed E-state index contributed by atoms with van der Waals surface area (Å²) in [6.45, 7) is 9.24. The smallest absolute Gasteiger partial charge is 0.338 e. The standard InChI is InChI=1S/C42H50N6O7/c1-7-14-28-22-26-16-9-11-18-30(26)35(37(28)53-4)36-31-19-12-10-17-27(31)23-29(38(36)54-5)24-34(46-25(3)49)40(51)47-32(20-13-21-45-42(43)44)39(50)48-33(15-8-2)41(52)55-6/h7-12,16-19,22-23,32-34H,1-2,13-15,20-21,24H2,3-6H3,(H,46,49)(H,47,51)(H,48,50)(H4,43,44,45)/p+1/t32-,33+,34?/m1/s1. The number of ether oxygens (including phenoxy) is 3. The van der Waals surface area contributed by atoms with Gasteiger partial charge in [0.15, 0.2) is 0 Å². The Labute approximate surface area is 321 Å². The summed E-state index contributed by atoms with van der Waals surface area (Å²) in [6, 6.07) is 16.6. The van der Waals surface area contributed by atoms with Gasteiger partial charge in [0, 0.05) is 24.5 Å². The Balaban J connectivity index is 1.84. The first-order valence-electron chi connectivity index (χ1n) is 17.9. The third-order valence-electron chi connectivity index (χ3n) is 9.13. The molecule has 1 unspecified atom stereocenters. The summed E-state index contributed by atoms with van der Waals surface area (Å²) in [5.74, 6) is -1.22. The molecule has 0 aliphatic carbocycles. The monoisotopic (exact) mass is 751 g/mol. The number of guanidine groups is 1. The third-order valence-corrected chi connectivity index (χ3v) is 9.13. The van der Waals surface area contributed by atoms with Crippen molar-refractivity contribution in [3.63, 3.8) is 0 Å². The van der Waals surface area contributed by atoms with Crippen LogP contribution in [0.25, 0.3) is 32.7 Å². The summed E-state index contributed by atoms with van der Waals surface area (Å²) in [4.78, 5) is 55.7. The van der Waals surface area contributed by atoms with E-state index < -0.39 is 41.8 Å². The minimum Gasteiger partial charge on any atom is -0.496 e. The Morgan fingerprint density at radius 3 is 1.84 bits per heavy atom. The van der Waals surface area contributed by atoms with E-state index in [1.54, 1.807) is 14.2 Å². The molecule has 0 aliphatic rings. The zero-order valence-electron chi connectivity index (χ0n) is 31.8. The number of nitrogens with one attached hydrogen (secondary N) is 4. The fraction of sp³-hybridized carbons (Fsp3) is 0.310. The molecule has 4 rings (SSSR count). The van der Waals surface area contributed by atoms with Crippen molar-refractivity contribution in [2.45, 2.75) is 57.2 Å². The number of hydrogen-bond donors (Lipinski definition) is 6. The lowest BCUT2D eigenvalue weighted by molar-refractivity contribution is -0.459. The first-order chi connectivity index (χ1) is 26.5. The lowest BCUT2D eigenvalue weighted by Gasteiger charge is -2.26. The molecule has 4 aromatic rings. The lowest BCUT2D eigenvalue weighted by Crippen LogP contribution is -2.78. The summed E-state index contributed by atoms with van der Waals surface area (Å²) < 4.78 is 17.2. The molecule has 0 fully saturated rings. The Morgan fingerprint density at radius 2 is 1.31 bits per heavy atom. The van der Waals surface area contributed by atoms with E-state index in [1.165, 1.54) is 20.1 Å². The number of benzene rings is 4. The first-order valence-corrected chi connectivity index (χ1v) is 17.9. The van der Waals surface area contributed by atoms with Gasteiger partial charge < -0.3 is 30.2 Å². The van der Waals surface area contributed by atoms with Gasteiger partial charge in [-0.2, -0.15) is 0 Å². The molecule has 0 bridgehead atoms. The molecule has 0 aromatic heterocycles. The van der Waals surface area contributed by atoms with Crippen LogP contribution in [0.15, 0.2) is 86.0 Å². The van der Waals surface area contributed by atoms with Gasteiger partial charge in [-0.25, -0.2) is 4.79 Å². The molecule has 0 saturated heterocycles. The third kappa shape index (κ3) is 10.2. The molecule has 55 heavy (non-hydrogen) atoms. The quantitative estimate of drug-likeness (QED) is 0.0274. The molecule has 0 aliphatic heterocycles. The number of allylic oxidation sites excluding steroid dienone is 1. The Morgan fingerprint density at radius 1 is 0.764 bits per heavy atom. The second kappa shape index (κ2) is 19.6. The number of esters is 1. The van der Waals surface area contributed by atoms with Crippen molar-refractivity contribution < 1.29 is 38.4 Å². The molecule has 0 radical (unpaired) electrons. The van der Waals surface area contributed by atoms with Crippen molar-refractivity contribution in [3.05, 3.63) is 97.1 Å². The average Bonchev–Trinajstić information content (AvgIpc) is 3.16. The average molecular weight is 752 g/mol. The SMILES string of the molecule is C=CCc1cc2ccccc2c(-c2c(OC)c(CC(NC(C)=O)C(=O)N[C@H](CCC[NH+]=C(N)N)C(=O)N[C@@H](CC=C)C(=O)OC)cc3ccccc23)c1OC. The van der Waals surface area contributed by atoms with Crippen LogP contribution in [0.2, 0.25) is 0 Å². The summed E-state index contributed by atoms with van der Waals surface area (Å²) in [6.07, 6.45) is 4.47. The summed E-state index contributed by atoms with van der Waals surface area (Å²) in [5.41, 5.74) is 14.2.